The van der Waals surface area contributed by atoms with Crippen molar-refractivity contribution >= 4 is 5.96 Å². The van der Waals surface area contributed by atoms with Crippen LogP contribution in [0.25, 0.3) is 0 Å². The highest BCUT2D eigenvalue weighted by atomic mass is 16.5. The van der Waals surface area contributed by atoms with Gasteiger partial charge in [0.15, 0.2) is 17.5 Å². The SMILES string of the molecule is CCN(CC)CCCC(C)NC(=NC)NCc1ccc(OC2CCCC2)c(OC)c1. The van der Waals surface area contributed by atoms with Crippen LogP contribution in [-0.4, -0.2) is 56.8 Å². The fraction of sp³-hybridized carbons (Fsp3) is 0.708. The second kappa shape index (κ2) is 13.4. The van der Waals surface area contributed by atoms with E-state index >= 15 is 0 Å². The summed E-state index contributed by atoms with van der Waals surface area (Å²) in [6.07, 6.45) is 7.44. The molecule has 1 saturated carbocycles. The van der Waals surface area contributed by atoms with Crippen molar-refractivity contribution in [2.45, 2.75) is 78.0 Å². The van der Waals surface area contributed by atoms with E-state index in [1.807, 2.05) is 13.1 Å². The molecule has 0 aliphatic heterocycles. The van der Waals surface area contributed by atoms with E-state index < -0.39 is 0 Å². The summed E-state index contributed by atoms with van der Waals surface area (Å²) in [5.41, 5.74) is 1.14. The lowest BCUT2D eigenvalue weighted by Crippen LogP contribution is -2.42. The van der Waals surface area contributed by atoms with Crippen LogP contribution >= 0.6 is 0 Å². The molecule has 0 aromatic heterocycles. The third-order valence-electron chi connectivity index (χ3n) is 5.90. The number of benzene rings is 1. The minimum Gasteiger partial charge on any atom is -0.493 e. The number of guanidine groups is 1. The van der Waals surface area contributed by atoms with Crippen molar-refractivity contribution in [2.75, 3.05) is 33.8 Å². The molecule has 1 atom stereocenters. The van der Waals surface area contributed by atoms with Crippen LogP contribution in [0.15, 0.2) is 23.2 Å². The molecule has 1 aromatic rings. The highest BCUT2D eigenvalue weighted by molar-refractivity contribution is 5.79. The number of hydrogen-bond donors (Lipinski definition) is 2. The molecular weight excluding hydrogens is 376 g/mol. The first-order chi connectivity index (χ1) is 14.6. The first-order valence-corrected chi connectivity index (χ1v) is 11.6. The summed E-state index contributed by atoms with van der Waals surface area (Å²) in [5.74, 6) is 2.47. The lowest BCUT2D eigenvalue weighted by Gasteiger charge is -2.21. The summed E-state index contributed by atoms with van der Waals surface area (Å²) < 4.78 is 11.7. The highest BCUT2D eigenvalue weighted by Crippen LogP contribution is 2.32. The van der Waals surface area contributed by atoms with Crippen LogP contribution in [0.4, 0.5) is 0 Å². The van der Waals surface area contributed by atoms with Crippen molar-refractivity contribution in [1.29, 1.82) is 0 Å². The number of nitrogens with one attached hydrogen (secondary N) is 2. The highest BCUT2D eigenvalue weighted by Gasteiger charge is 2.18. The van der Waals surface area contributed by atoms with Crippen molar-refractivity contribution in [2.24, 2.45) is 4.99 Å². The Kier molecular flexibility index (Phi) is 10.8. The van der Waals surface area contributed by atoms with Gasteiger partial charge in [-0.1, -0.05) is 19.9 Å². The third kappa shape index (κ3) is 8.05. The van der Waals surface area contributed by atoms with Crippen molar-refractivity contribution < 1.29 is 9.47 Å². The maximum Gasteiger partial charge on any atom is 0.191 e. The smallest absolute Gasteiger partial charge is 0.191 e. The molecule has 0 spiro atoms. The van der Waals surface area contributed by atoms with Gasteiger partial charge in [-0.15, -0.1) is 0 Å². The molecule has 0 radical (unpaired) electrons. The lowest BCUT2D eigenvalue weighted by molar-refractivity contribution is 0.200. The van der Waals surface area contributed by atoms with Crippen LogP contribution in [-0.2, 0) is 6.54 Å². The summed E-state index contributed by atoms with van der Waals surface area (Å²) in [6.45, 7) is 10.7. The molecule has 1 fully saturated rings. The molecule has 2 rings (SSSR count). The molecule has 0 saturated heterocycles. The number of hydrogen-bond acceptors (Lipinski definition) is 4. The average molecular weight is 419 g/mol. The second-order valence-electron chi connectivity index (χ2n) is 8.15. The van der Waals surface area contributed by atoms with Crippen molar-refractivity contribution in [3.63, 3.8) is 0 Å². The molecule has 6 nitrogen and oxygen atoms in total. The molecular formula is C24H42N4O2. The predicted molar refractivity (Wildman–Crippen MR) is 126 cm³/mol. The van der Waals surface area contributed by atoms with Crippen LogP contribution < -0.4 is 20.1 Å². The van der Waals surface area contributed by atoms with Crippen LogP contribution in [0.1, 0.15) is 64.9 Å². The van der Waals surface area contributed by atoms with Crippen LogP contribution in [0.2, 0.25) is 0 Å². The van der Waals surface area contributed by atoms with Gasteiger partial charge in [-0.25, -0.2) is 0 Å². The summed E-state index contributed by atoms with van der Waals surface area (Å²) in [5, 5.41) is 6.91. The Labute approximate surface area is 183 Å². The molecule has 170 valence electrons. The van der Waals surface area contributed by atoms with E-state index in [0.29, 0.717) is 18.7 Å². The van der Waals surface area contributed by atoms with Gasteiger partial charge in [0.2, 0.25) is 0 Å². The molecule has 30 heavy (non-hydrogen) atoms. The van der Waals surface area contributed by atoms with Crippen molar-refractivity contribution in [3.8, 4) is 11.5 Å². The molecule has 1 aromatic carbocycles. The van der Waals surface area contributed by atoms with E-state index in [0.717, 1.165) is 61.9 Å². The zero-order valence-electron chi connectivity index (χ0n) is 19.7. The van der Waals surface area contributed by atoms with Gasteiger partial charge in [0.05, 0.1) is 13.2 Å². The topological polar surface area (TPSA) is 58.1 Å². The molecule has 0 bridgehead atoms. The Hall–Kier alpha value is -1.95. The zero-order valence-corrected chi connectivity index (χ0v) is 19.7. The number of methoxy groups -OCH3 is 1. The Bertz CT molecular complexity index is 640. The summed E-state index contributed by atoms with van der Waals surface area (Å²) in [7, 11) is 3.52. The summed E-state index contributed by atoms with van der Waals surface area (Å²) >= 11 is 0. The minimum absolute atomic E-state index is 0.328. The van der Waals surface area contributed by atoms with Crippen LogP contribution in [0, 0.1) is 0 Å². The maximum absolute atomic E-state index is 6.14. The van der Waals surface area contributed by atoms with Crippen LogP contribution in [0.3, 0.4) is 0 Å². The molecule has 0 amide bonds. The Morgan fingerprint density at radius 3 is 2.57 bits per heavy atom. The van der Waals surface area contributed by atoms with Crippen molar-refractivity contribution in [3.05, 3.63) is 23.8 Å². The largest absolute Gasteiger partial charge is 0.493 e. The van der Waals surface area contributed by atoms with E-state index in [-0.39, 0.29) is 0 Å². The monoisotopic (exact) mass is 418 g/mol. The summed E-state index contributed by atoms with van der Waals surface area (Å²) in [4.78, 5) is 6.84. The van der Waals surface area contributed by atoms with Crippen LogP contribution in [0.5, 0.6) is 11.5 Å². The molecule has 1 unspecified atom stereocenters. The zero-order chi connectivity index (χ0) is 21.8. The summed E-state index contributed by atoms with van der Waals surface area (Å²) in [6, 6.07) is 6.56. The van der Waals surface area contributed by atoms with Gasteiger partial charge in [0.25, 0.3) is 0 Å². The fourth-order valence-corrected chi connectivity index (χ4v) is 3.95. The van der Waals surface area contributed by atoms with Gasteiger partial charge >= 0.3 is 0 Å². The lowest BCUT2D eigenvalue weighted by atomic mass is 10.1. The number of aliphatic imine (C=N–C) groups is 1. The normalized spacial score (nSPS) is 16.0. The Balaban J connectivity index is 1.80. The molecule has 6 heteroatoms. The van der Waals surface area contributed by atoms with E-state index in [1.54, 1.807) is 7.11 Å². The fourth-order valence-electron chi connectivity index (χ4n) is 3.95. The van der Waals surface area contributed by atoms with E-state index in [1.165, 1.54) is 19.3 Å². The minimum atomic E-state index is 0.328. The van der Waals surface area contributed by atoms with Gasteiger partial charge in [-0.2, -0.15) is 0 Å². The number of rotatable bonds is 12. The molecule has 0 heterocycles. The van der Waals surface area contributed by atoms with Gasteiger partial charge < -0.3 is 25.0 Å². The maximum atomic E-state index is 6.14. The third-order valence-corrected chi connectivity index (χ3v) is 5.90. The van der Waals surface area contributed by atoms with E-state index in [2.05, 4.69) is 53.4 Å². The molecule has 1 aliphatic carbocycles. The van der Waals surface area contributed by atoms with E-state index in [9.17, 15) is 0 Å². The van der Waals surface area contributed by atoms with Gasteiger partial charge in [0.1, 0.15) is 0 Å². The van der Waals surface area contributed by atoms with Crippen molar-refractivity contribution in [1.82, 2.24) is 15.5 Å². The van der Waals surface area contributed by atoms with Gasteiger partial charge in [-0.05, 0) is 82.8 Å². The molecule has 1 aliphatic rings. The predicted octanol–water partition coefficient (Wildman–Crippen LogP) is 4.19. The van der Waals surface area contributed by atoms with E-state index in [4.69, 9.17) is 9.47 Å². The average Bonchev–Trinajstić information content (AvgIpc) is 3.28. The second-order valence-corrected chi connectivity index (χ2v) is 8.15. The quantitative estimate of drug-likeness (QED) is 0.394. The first-order valence-electron chi connectivity index (χ1n) is 11.6. The van der Waals surface area contributed by atoms with Gasteiger partial charge in [-0.3, -0.25) is 4.99 Å². The number of ether oxygens (including phenoxy) is 2. The standard InChI is InChI=1S/C24H42N4O2/c1-6-28(7-2)16-10-11-19(3)27-24(25-4)26-18-20-14-15-22(23(17-20)29-5)30-21-12-8-9-13-21/h14-15,17,19,21H,6-13,16,18H2,1-5H3,(H2,25,26,27). The Morgan fingerprint density at radius 1 is 1.20 bits per heavy atom. The van der Waals surface area contributed by atoms with Gasteiger partial charge in [0, 0.05) is 19.6 Å². The molecule has 2 N–H and O–H groups in total. The Morgan fingerprint density at radius 2 is 1.93 bits per heavy atom. The number of nitrogens with zero attached hydrogens (tertiary/aromatic N) is 2. The first kappa shape index (κ1) is 24.3.